The van der Waals surface area contributed by atoms with E-state index in [4.69, 9.17) is 9.47 Å². The first kappa shape index (κ1) is 42.5. The molecule has 0 bridgehead atoms. The molecule has 2 aliphatic heterocycles. The van der Waals surface area contributed by atoms with Gasteiger partial charge in [-0.05, 0) is 41.1 Å². The molecular weight excluding hydrogens is 814 g/mol. The number of carbonyl (C=O) groups is 4. The van der Waals surface area contributed by atoms with Gasteiger partial charge in [0, 0.05) is 24.3 Å². The van der Waals surface area contributed by atoms with E-state index in [0.717, 1.165) is 0 Å². The van der Waals surface area contributed by atoms with Gasteiger partial charge in [-0.15, -0.1) is 6.07 Å². The SMILES string of the molecule is O=C1C=CC(=O)N1c1[c-]c(F)c(Oc2ccc(C(c3ccc(Oc4c(F)c(F)c(N5C(=O)C=CC5=O)c(F)c4F)cc3)(C(F)(F)F)C(F)(F)F)cc2)c(F)c1F.[Na+]. The summed E-state index contributed by atoms with van der Waals surface area (Å²) in [6, 6.07) is 3.63. The number of halogens is 13. The van der Waals surface area contributed by atoms with Gasteiger partial charge in [-0.3, -0.25) is 28.5 Å². The number of carbonyl (C=O) groups excluding carboxylic acids is 4. The van der Waals surface area contributed by atoms with E-state index >= 15 is 0 Å². The largest absolute Gasteiger partial charge is 1.00 e. The number of hydrogen-bond acceptors (Lipinski definition) is 6. The molecule has 0 unspecified atom stereocenters. The molecule has 4 aromatic rings. The molecular formula is C35H12F13N2NaO6. The minimum Gasteiger partial charge on any atom is -0.511 e. The molecule has 0 aliphatic carbocycles. The summed E-state index contributed by atoms with van der Waals surface area (Å²) >= 11 is 0. The molecule has 57 heavy (non-hydrogen) atoms. The van der Waals surface area contributed by atoms with Gasteiger partial charge in [-0.1, -0.05) is 24.3 Å². The summed E-state index contributed by atoms with van der Waals surface area (Å²) in [5.74, 6) is -25.9. The zero-order valence-corrected chi connectivity index (χ0v) is 29.7. The number of rotatable bonds is 8. The molecule has 0 saturated heterocycles. The molecule has 0 aromatic heterocycles. The third kappa shape index (κ3) is 6.92. The Morgan fingerprint density at radius 3 is 1.21 bits per heavy atom. The molecule has 0 spiro atoms. The van der Waals surface area contributed by atoms with E-state index in [-0.39, 0.29) is 63.6 Å². The van der Waals surface area contributed by atoms with E-state index in [2.05, 4.69) is 0 Å². The van der Waals surface area contributed by atoms with Gasteiger partial charge in [0.15, 0.2) is 11.6 Å². The molecule has 6 rings (SSSR count). The van der Waals surface area contributed by atoms with Crippen LogP contribution in [0.3, 0.4) is 0 Å². The van der Waals surface area contributed by atoms with E-state index in [1.165, 1.54) is 0 Å². The van der Waals surface area contributed by atoms with Crippen LogP contribution in [0.2, 0.25) is 0 Å². The van der Waals surface area contributed by atoms with Gasteiger partial charge < -0.3 is 9.47 Å². The van der Waals surface area contributed by atoms with E-state index < -0.39 is 128 Å². The first-order valence-electron chi connectivity index (χ1n) is 14.9. The van der Waals surface area contributed by atoms with Crippen molar-refractivity contribution in [2.75, 3.05) is 9.80 Å². The third-order valence-electron chi connectivity index (χ3n) is 8.16. The molecule has 2 heterocycles. The average molecular weight is 826 g/mol. The number of hydrogen-bond donors (Lipinski definition) is 0. The Morgan fingerprint density at radius 2 is 0.825 bits per heavy atom. The fraction of sp³-hybridized carbons (Fsp3) is 0.0857. The van der Waals surface area contributed by atoms with Crippen LogP contribution in [0.4, 0.5) is 68.5 Å². The number of anilines is 2. The Kier molecular flexibility index (Phi) is 11.2. The number of nitrogens with zero attached hydrogens (tertiary/aromatic N) is 2. The molecule has 4 aromatic carbocycles. The van der Waals surface area contributed by atoms with E-state index in [0.29, 0.717) is 48.6 Å². The van der Waals surface area contributed by atoms with Gasteiger partial charge in [0.05, 0.1) is 23.2 Å². The zero-order chi connectivity index (χ0) is 41.2. The van der Waals surface area contributed by atoms with Crippen LogP contribution >= 0.6 is 0 Å². The fourth-order valence-electron chi connectivity index (χ4n) is 5.65. The molecule has 2 aliphatic rings. The van der Waals surface area contributed by atoms with Gasteiger partial charge in [-0.25, -0.2) is 22.5 Å². The summed E-state index contributed by atoms with van der Waals surface area (Å²) in [6.07, 6.45) is -10.1. The van der Waals surface area contributed by atoms with Gasteiger partial charge in [0.1, 0.15) is 17.2 Å². The second kappa shape index (κ2) is 15.0. The predicted octanol–water partition coefficient (Wildman–Crippen LogP) is 5.32. The smallest absolute Gasteiger partial charge is 0.511 e. The van der Waals surface area contributed by atoms with Crippen LogP contribution in [0.15, 0.2) is 72.8 Å². The summed E-state index contributed by atoms with van der Waals surface area (Å²) in [5.41, 5.74) is -11.2. The standard InChI is InChI=1S/C35H12F13N2O6.Na/c36-18-13-19(49-20(51)9-10-21(49)52)24(37)27(40)31(18)55-16-5-1-14(2-6-16)33(34(43,44)45,35(46,47)48)15-3-7-17(8-4-15)56-32-28(41)25(38)30(26(39)29(32)42)50-22(53)11-12-23(50)54;/h1-12H;/q-1;+1. The first-order chi connectivity index (χ1) is 26.1. The number of benzene rings is 4. The minimum absolute atomic E-state index is 0. The summed E-state index contributed by atoms with van der Waals surface area (Å²) in [5, 5.41) is 0. The molecule has 22 heteroatoms. The van der Waals surface area contributed by atoms with Crippen LogP contribution in [0.25, 0.3) is 0 Å². The second-order valence-corrected chi connectivity index (χ2v) is 11.4. The van der Waals surface area contributed by atoms with E-state index in [1.54, 1.807) is 6.07 Å². The maximum atomic E-state index is 14.9. The second-order valence-electron chi connectivity index (χ2n) is 11.4. The van der Waals surface area contributed by atoms with Crippen LogP contribution in [0.5, 0.6) is 23.0 Å². The molecule has 0 saturated carbocycles. The van der Waals surface area contributed by atoms with Gasteiger partial charge in [-0.2, -0.15) is 35.1 Å². The average Bonchev–Trinajstić information content (AvgIpc) is 3.64. The van der Waals surface area contributed by atoms with Crippen molar-refractivity contribution in [3.63, 3.8) is 0 Å². The van der Waals surface area contributed by atoms with Crippen molar-refractivity contribution >= 4 is 35.0 Å². The molecule has 0 atom stereocenters. The van der Waals surface area contributed by atoms with Crippen molar-refractivity contribution in [1.82, 2.24) is 0 Å². The van der Waals surface area contributed by atoms with Crippen LogP contribution in [0.1, 0.15) is 11.1 Å². The molecule has 8 nitrogen and oxygen atoms in total. The Labute approximate surface area is 330 Å². The molecule has 0 radical (unpaired) electrons. The minimum atomic E-state index is -6.25. The van der Waals surface area contributed by atoms with E-state index in [1.807, 2.05) is 0 Å². The zero-order valence-electron chi connectivity index (χ0n) is 27.7. The van der Waals surface area contributed by atoms with Gasteiger partial charge in [0.25, 0.3) is 23.6 Å². The Hall–Kier alpha value is -5.67. The number of ether oxygens (including phenoxy) is 2. The molecule has 290 valence electrons. The van der Waals surface area contributed by atoms with Crippen LogP contribution in [0, 0.1) is 46.8 Å². The van der Waals surface area contributed by atoms with Crippen molar-refractivity contribution in [2.24, 2.45) is 0 Å². The quantitative estimate of drug-likeness (QED) is 0.0787. The van der Waals surface area contributed by atoms with Crippen LogP contribution < -0.4 is 48.8 Å². The van der Waals surface area contributed by atoms with Crippen LogP contribution in [-0.2, 0) is 24.6 Å². The first-order valence-corrected chi connectivity index (χ1v) is 14.9. The summed E-state index contributed by atoms with van der Waals surface area (Å²) < 4.78 is 201. The summed E-state index contributed by atoms with van der Waals surface area (Å²) in [7, 11) is 0. The van der Waals surface area contributed by atoms with Crippen molar-refractivity contribution in [3.8, 4) is 23.0 Å². The van der Waals surface area contributed by atoms with Crippen molar-refractivity contribution < 1.29 is 115 Å². The summed E-state index contributed by atoms with van der Waals surface area (Å²) in [6.45, 7) is 0. The Morgan fingerprint density at radius 1 is 0.474 bits per heavy atom. The Balaban J connectivity index is 0.00000620. The number of alkyl halides is 6. The molecule has 0 N–H and O–H groups in total. The normalized spacial score (nSPS) is 14.5. The molecule has 0 fully saturated rings. The van der Waals surface area contributed by atoms with Crippen molar-refractivity contribution in [2.45, 2.75) is 17.8 Å². The van der Waals surface area contributed by atoms with Gasteiger partial charge in [0.2, 0.25) is 22.8 Å². The monoisotopic (exact) mass is 826 g/mol. The maximum absolute atomic E-state index is 14.9. The Bertz CT molecular complexity index is 2340. The van der Waals surface area contributed by atoms with Gasteiger partial charge >= 0.3 is 41.9 Å². The fourth-order valence-corrected chi connectivity index (χ4v) is 5.65. The summed E-state index contributed by atoms with van der Waals surface area (Å²) in [4.78, 5) is 47.0. The van der Waals surface area contributed by atoms with Crippen molar-refractivity contribution in [1.29, 1.82) is 0 Å². The third-order valence-corrected chi connectivity index (χ3v) is 8.16. The number of imide groups is 2. The number of amides is 4. The van der Waals surface area contributed by atoms with Crippen LogP contribution in [-0.4, -0.2) is 36.0 Å². The topological polar surface area (TPSA) is 93.2 Å². The maximum Gasteiger partial charge on any atom is 1.00 e. The molecule has 4 amide bonds. The van der Waals surface area contributed by atoms with Crippen molar-refractivity contribution in [3.05, 3.63) is 131 Å². The van der Waals surface area contributed by atoms with E-state index in [9.17, 15) is 76.3 Å². The predicted molar refractivity (Wildman–Crippen MR) is 161 cm³/mol.